The van der Waals surface area contributed by atoms with E-state index in [0.717, 1.165) is 0 Å². The van der Waals surface area contributed by atoms with Crippen molar-refractivity contribution in [3.05, 3.63) is 39.6 Å². The maximum Gasteiger partial charge on any atom is 0.346 e. The Kier molecular flexibility index (Phi) is 3.58. The van der Waals surface area contributed by atoms with Crippen molar-refractivity contribution in [2.45, 2.75) is 0 Å². The van der Waals surface area contributed by atoms with Crippen LogP contribution in [0.5, 0.6) is 0 Å². The second-order valence-electron chi connectivity index (χ2n) is 2.64. The van der Waals surface area contributed by atoms with Gasteiger partial charge in [-0.3, -0.25) is 0 Å². The van der Waals surface area contributed by atoms with Gasteiger partial charge in [0.2, 0.25) is 0 Å². The van der Waals surface area contributed by atoms with Crippen LogP contribution in [0.4, 0.5) is 4.39 Å². The lowest BCUT2D eigenvalue weighted by molar-refractivity contribution is -0.132. The minimum atomic E-state index is -1.31. The monoisotopic (exact) mass is 269 g/mol. The SMILES string of the molecule is N#C/C(=C\c1ccc(F)cc1Br)C(=O)O. The third-order valence-electron chi connectivity index (χ3n) is 1.61. The lowest BCUT2D eigenvalue weighted by Crippen LogP contribution is -1.97. The van der Waals surface area contributed by atoms with Crippen molar-refractivity contribution in [3.63, 3.8) is 0 Å². The van der Waals surface area contributed by atoms with E-state index < -0.39 is 17.4 Å². The molecular weight excluding hydrogens is 265 g/mol. The molecule has 0 aliphatic rings. The van der Waals surface area contributed by atoms with Gasteiger partial charge in [-0.05, 0) is 23.8 Å². The van der Waals surface area contributed by atoms with Gasteiger partial charge in [-0.15, -0.1) is 0 Å². The molecule has 1 rings (SSSR count). The summed E-state index contributed by atoms with van der Waals surface area (Å²) in [5.41, 5.74) is 0.0395. The summed E-state index contributed by atoms with van der Waals surface area (Å²) in [4.78, 5) is 10.5. The molecular formula is C10H5BrFNO2. The van der Waals surface area contributed by atoms with Crippen molar-refractivity contribution in [1.29, 1.82) is 5.26 Å². The second-order valence-corrected chi connectivity index (χ2v) is 3.50. The van der Waals surface area contributed by atoms with Gasteiger partial charge in [-0.25, -0.2) is 9.18 Å². The Hall–Kier alpha value is -1.67. The Balaban J connectivity index is 3.19. The van der Waals surface area contributed by atoms with Crippen LogP contribution < -0.4 is 0 Å². The van der Waals surface area contributed by atoms with E-state index in [4.69, 9.17) is 10.4 Å². The summed E-state index contributed by atoms with van der Waals surface area (Å²) in [7, 11) is 0. The molecule has 0 heterocycles. The summed E-state index contributed by atoms with van der Waals surface area (Å²) in [6.07, 6.45) is 1.17. The number of aliphatic carboxylic acids is 1. The summed E-state index contributed by atoms with van der Waals surface area (Å²) < 4.78 is 13.1. The van der Waals surface area contributed by atoms with Gasteiger partial charge in [-0.1, -0.05) is 22.0 Å². The molecule has 1 N–H and O–H groups in total. The van der Waals surface area contributed by atoms with Crippen molar-refractivity contribution in [2.75, 3.05) is 0 Å². The lowest BCUT2D eigenvalue weighted by Gasteiger charge is -1.98. The number of halogens is 2. The molecule has 0 spiro atoms. The highest BCUT2D eigenvalue weighted by atomic mass is 79.9. The van der Waals surface area contributed by atoms with Crippen LogP contribution in [-0.4, -0.2) is 11.1 Å². The van der Waals surface area contributed by atoms with Crippen LogP contribution in [0.25, 0.3) is 6.08 Å². The molecule has 0 saturated heterocycles. The standard InChI is InChI=1S/C10H5BrFNO2/c11-9-4-8(12)2-1-6(9)3-7(5-13)10(14)15/h1-4H,(H,14,15)/b7-3+. The largest absolute Gasteiger partial charge is 0.477 e. The normalized spacial score (nSPS) is 10.9. The van der Waals surface area contributed by atoms with E-state index >= 15 is 0 Å². The topological polar surface area (TPSA) is 61.1 Å². The van der Waals surface area contributed by atoms with Crippen molar-refractivity contribution in [1.82, 2.24) is 0 Å². The summed E-state index contributed by atoms with van der Waals surface area (Å²) in [6, 6.07) is 5.31. The van der Waals surface area contributed by atoms with Gasteiger partial charge in [0.25, 0.3) is 0 Å². The number of carboxylic acids is 1. The summed E-state index contributed by atoms with van der Waals surface area (Å²) >= 11 is 3.07. The third-order valence-corrected chi connectivity index (χ3v) is 2.30. The molecule has 0 atom stereocenters. The smallest absolute Gasteiger partial charge is 0.346 e. The number of hydrogen-bond donors (Lipinski definition) is 1. The second kappa shape index (κ2) is 4.71. The number of nitrogens with zero attached hydrogens (tertiary/aromatic N) is 1. The quantitative estimate of drug-likeness (QED) is 0.663. The average Bonchev–Trinajstić information content (AvgIpc) is 2.16. The van der Waals surface area contributed by atoms with E-state index in [2.05, 4.69) is 15.9 Å². The van der Waals surface area contributed by atoms with Crippen LogP contribution in [0.2, 0.25) is 0 Å². The average molecular weight is 270 g/mol. The molecule has 0 aliphatic heterocycles. The molecule has 0 bridgehead atoms. The predicted molar refractivity (Wildman–Crippen MR) is 55.3 cm³/mol. The minimum absolute atomic E-state index is 0.400. The maximum atomic E-state index is 12.7. The first kappa shape index (κ1) is 11.4. The molecule has 3 nitrogen and oxygen atoms in total. The minimum Gasteiger partial charge on any atom is -0.477 e. The Bertz CT molecular complexity index is 477. The van der Waals surface area contributed by atoms with E-state index in [9.17, 15) is 9.18 Å². The molecule has 15 heavy (non-hydrogen) atoms. The summed E-state index contributed by atoms with van der Waals surface area (Å²) in [5.74, 6) is -1.75. The van der Waals surface area contributed by atoms with Crippen molar-refractivity contribution >= 4 is 28.0 Å². The molecule has 5 heteroatoms. The van der Waals surface area contributed by atoms with Crippen LogP contribution in [0.15, 0.2) is 28.2 Å². The number of hydrogen-bond acceptors (Lipinski definition) is 2. The molecule has 0 aliphatic carbocycles. The molecule has 0 aromatic heterocycles. The lowest BCUT2D eigenvalue weighted by atomic mass is 10.1. The van der Waals surface area contributed by atoms with E-state index in [1.165, 1.54) is 30.3 Å². The van der Waals surface area contributed by atoms with E-state index in [-0.39, 0.29) is 0 Å². The molecule has 0 unspecified atom stereocenters. The first-order valence-electron chi connectivity index (χ1n) is 3.84. The first-order chi connectivity index (χ1) is 7.04. The molecule has 0 saturated carbocycles. The number of nitriles is 1. The molecule has 76 valence electrons. The molecule has 0 radical (unpaired) electrons. The highest BCUT2D eigenvalue weighted by Crippen LogP contribution is 2.20. The highest BCUT2D eigenvalue weighted by Gasteiger charge is 2.07. The molecule has 1 aromatic rings. The van der Waals surface area contributed by atoms with Crippen LogP contribution in [0.3, 0.4) is 0 Å². The van der Waals surface area contributed by atoms with Gasteiger partial charge in [0, 0.05) is 4.47 Å². The number of benzene rings is 1. The van der Waals surface area contributed by atoms with Gasteiger partial charge in [0.05, 0.1) is 0 Å². The Labute approximate surface area is 93.6 Å². The fraction of sp³-hybridized carbons (Fsp3) is 0. The molecule has 0 amide bonds. The molecule has 0 fully saturated rings. The van der Waals surface area contributed by atoms with E-state index in [1.54, 1.807) is 0 Å². The first-order valence-corrected chi connectivity index (χ1v) is 4.64. The van der Waals surface area contributed by atoms with Crippen molar-refractivity contribution in [2.24, 2.45) is 0 Å². The van der Waals surface area contributed by atoms with Crippen molar-refractivity contribution in [3.8, 4) is 6.07 Å². The Morgan fingerprint density at radius 2 is 2.27 bits per heavy atom. The van der Waals surface area contributed by atoms with Crippen LogP contribution in [0.1, 0.15) is 5.56 Å². The number of carbonyl (C=O) groups is 1. The fourth-order valence-corrected chi connectivity index (χ4v) is 1.38. The summed E-state index contributed by atoms with van der Waals surface area (Å²) in [5, 5.41) is 17.1. The van der Waals surface area contributed by atoms with Crippen LogP contribution in [-0.2, 0) is 4.79 Å². The zero-order chi connectivity index (χ0) is 11.4. The van der Waals surface area contributed by atoms with Crippen LogP contribution in [0, 0.1) is 17.1 Å². The summed E-state index contributed by atoms with van der Waals surface area (Å²) in [6.45, 7) is 0. The maximum absolute atomic E-state index is 12.7. The van der Waals surface area contributed by atoms with Gasteiger partial charge in [0.15, 0.2) is 0 Å². The van der Waals surface area contributed by atoms with Gasteiger partial charge >= 0.3 is 5.97 Å². The van der Waals surface area contributed by atoms with Gasteiger partial charge in [0.1, 0.15) is 17.5 Å². The van der Waals surface area contributed by atoms with Gasteiger partial charge in [-0.2, -0.15) is 5.26 Å². The van der Waals surface area contributed by atoms with Crippen LogP contribution >= 0.6 is 15.9 Å². The fourth-order valence-electron chi connectivity index (χ4n) is 0.916. The number of rotatable bonds is 2. The zero-order valence-corrected chi connectivity index (χ0v) is 8.95. The highest BCUT2D eigenvalue weighted by molar-refractivity contribution is 9.10. The zero-order valence-electron chi connectivity index (χ0n) is 7.37. The predicted octanol–water partition coefficient (Wildman–Crippen LogP) is 2.58. The third kappa shape index (κ3) is 2.89. The molecule has 1 aromatic carbocycles. The Morgan fingerprint density at radius 1 is 1.60 bits per heavy atom. The van der Waals surface area contributed by atoms with Gasteiger partial charge < -0.3 is 5.11 Å². The number of carboxylic acid groups (broad SMARTS) is 1. The van der Waals surface area contributed by atoms with Crippen molar-refractivity contribution < 1.29 is 14.3 Å². The van der Waals surface area contributed by atoms with E-state index in [0.29, 0.717) is 10.0 Å². The Morgan fingerprint density at radius 3 is 2.73 bits per heavy atom. The van der Waals surface area contributed by atoms with E-state index in [1.807, 2.05) is 0 Å².